The lowest BCUT2D eigenvalue weighted by Crippen LogP contribution is -2.09. The summed E-state index contributed by atoms with van der Waals surface area (Å²) in [7, 11) is 0. The molecule has 0 radical (unpaired) electrons. The van der Waals surface area contributed by atoms with Gasteiger partial charge in [0, 0.05) is 11.3 Å². The first-order chi connectivity index (χ1) is 8.74. The number of nitrogens with one attached hydrogen (secondary N) is 1. The number of pyridine rings is 1. The Kier molecular flexibility index (Phi) is 4.26. The molecule has 3 nitrogen and oxygen atoms in total. The number of aromatic amines is 1. The van der Waals surface area contributed by atoms with Crippen molar-refractivity contribution < 1.29 is 5.11 Å². The Morgan fingerprint density at radius 2 is 1.83 bits per heavy atom. The molecular formula is C14H16ClNO2. The molecule has 0 fully saturated rings. The molecule has 4 heteroatoms. The van der Waals surface area contributed by atoms with Gasteiger partial charge >= 0.3 is 0 Å². The minimum atomic E-state index is -0.143. The van der Waals surface area contributed by atoms with Gasteiger partial charge in [0.05, 0.1) is 11.1 Å². The smallest absolute Gasteiger partial charge is 0.256 e. The third-order valence-electron chi connectivity index (χ3n) is 3.04. The first-order valence-corrected chi connectivity index (χ1v) is 6.66. The highest BCUT2D eigenvalue weighted by molar-refractivity contribution is 6.17. The number of unbranched alkanes of at least 4 members (excludes halogenated alkanes) is 2. The van der Waals surface area contributed by atoms with Gasteiger partial charge in [-0.1, -0.05) is 24.6 Å². The fraction of sp³-hybridized carbons (Fsp3) is 0.357. The predicted molar refractivity (Wildman–Crippen MR) is 74.5 cm³/mol. The van der Waals surface area contributed by atoms with Crippen molar-refractivity contribution in [3.63, 3.8) is 0 Å². The Labute approximate surface area is 110 Å². The molecule has 1 aromatic heterocycles. The molecule has 0 saturated carbocycles. The van der Waals surface area contributed by atoms with E-state index in [4.69, 9.17) is 11.6 Å². The summed E-state index contributed by atoms with van der Waals surface area (Å²) in [6.07, 6.45) is 3.54. The van der Waals surface area contributed by atoms with Crippen LogP contribution in [0.4, 0.5) is 0 Å². The largest absolute Gasteiger partial charge is 0.505 e. The Bertz CT molecular complexity index is 592. The molecule has 0 amide bonds. The molecule has 96 valence electrons. The second-order valence-electron chi connectivity index (χ2n) is 4.33. The van der Waals surface area contributed by atoms with Crippen LogP contribution in [0.25, 0.3) is 10.8 Å². The van der Waals surface area contributed by atoms with Crippen LogP contribution in [0.15, 0.2) is 29.1 Å². The van der Waals surface area contributed by atoms with Crippen molar-refractivity contribution in [2.75, 3.05) is 5.88 Å². The van der Waals surface area contributed by atoms with Gasteiger partial charge in [-0.15, -0.1) is 11.6 Å². The standard InChI is InChI=1S/C14H16ClNO2/c15-9-5-1-2-8-12-13(17)10-6-3-4-7-11(10)14(18)16-12/h3-4,6-7,17H,1-2,5,8-9H2,(H,16,18). The molecule has 0 aliphatic rings. The summed E-state index contributed by atoms with van der Waals surface area (Å²) < 4.78 is 0. The highest BCUT2D eigenvalue weighted by Crippen LogP contribution is 2.25. The lowest BCUT2D eigenvalue weighted by Gasteiger charge is -2.07. The molecule has 18 heavy (non-hydrogen) atoms. The maximum Gasteiger partial charge on any atom is 0.256 e. The maximum absolute atomic E-state index is 11.9. The summed E-state index contributed by atoms with van der Waals surface area (Å²) in [6, 6.07) is 7.09. The Hall–Kier alpha value is -1.48. The van der Waals surface area contributed by atoms with E-state index in [0.717, 1.165) is 19.3 Å². The number of aromatic nitrogens is 1. The molecule has 0 atom stereocenters. The minimum Gasteiger partial charge on any atom is -0.505 e. The van der Waals surface area contributed by atoms with E-state index in [1.807, 2.05) is 6.07 Å². The van der Waals surface area contributed by atoms with Crippen LogP contribution < -0.4 is 5.56 Å². The molecule has 0 saturated heterocycles. The van der Waals surface area contributed by atoms with Gasteiger partial charge < -0.3 is 10.1 Å². The number of hydrogen-bond donors (Lipinski definition) is 2. The van der Waals surface area contributed by atoms with Gasteiger partial charge in [0.25, 0.3) is 5.56 Å². The zero-order valence-electron chi connectivity index (χ0n) is 10.1. The number of alkyl halides is 1. The molecule has 0 aliphatic carbocycles. The first kappa shape index (κ1) is 13.0. The van der Waals surface area contributed by atoms with Crippen LogP contribution in [0, 0.1) is 0 Å². The van der Waals surface area contributed by atoms with Gasteiger partial charge in [0.1, 0.15) is 5.75 Å². The number of aryl methyl sites for hydroxylation is 1. The number of rotatable bonds is 5. The molecule has 0 bridgehead atoms. The summed E-state index contributed by atoms with van der Waals surface area (Å²) in [6.45, 7) is 0. The number of benzene rings is 1. The molecule has 2 N–H and O–H groups in total. The molecule has 0 aliphatic heterocycles. The van der Waals surface area contributed by atoms with Crippen LogP contribution >= 0.6 is 11.6 Å². The van der Waals surface area contributed by atoms with Crippen molar-refractivity contribution >= 4 is 22.4 Å². The highest BCUT2D eigenvalue weighted by atomic mass is 35.5. The second kappa shape index (κ2) is 5.91. The second-order valence-corrected chi connectivity index (χ2v) is 4.70. The van der Waals surface area contributed by atoms with Gasteiger partial charge in [-0.3, -0.25) is 4.79 Å². The normalized spacial score (nSPS) is 10.9. The highest BCUT2D eigenvalue weighted by Gasteiger charge is 2.09. The lowest BCUT2D eigenvalue weighted by atomic mass is 10.1. The number of hydrogen-bond acceptors (Lipinski definition) is 2. The van der Waals surface area contributed by atoms with Gasteiger partial charge in [-0.05, 0) is 25.3 Å². The predicted octanol–water partition coefficient (Wildman–Crippen LogP) is 3.19. The monoisotopic (exact) mass is 265 g/mol. The first-order valence-electron chi connectivity index (χ1n) is 6.13. The van der Waals surface area contributed by atoms with E-state index in [2.05, 4.69) is 4.98 Å². The van der Waals surface area contributed by atoms with E-state index in [1.165, 1.54) is 0 Å². The Morgan fingerprint density at radius 3 is 2.56 bits per heavy atom. The SMILES string of the molecule is O=c1[nH]c(CCCCCCl)c(O)c2ccccc12. The maximum atomic E-state index is 11.9. The van der Waals surface area contributed by atoms with Crippen LogP contribution in [0.2, 0.25) is 0 Å². The topological polar surface area (TPSA) is 53.1 Å². The molecular weight excluding hydrogens is 250 g/mol. The minimum absolute atomic E-state index is 0.143. The average molecular weight is 266 g/mol. The van der Waals surface area contributed by atoms with Gasteiger partial charge in [-0.2, -0.15) is 0 Å². The van der Waals surface area contributed by atoms with Crippen molar-refractivity contribution in [2.45, 2.75) is 25.7 Å². The summed E-state index contributed by atoms with van der Waals surface area (Å²) in [5, 5.41) is 11.3. The van der Waals surface area contributed by atoms with E-state index in [0.29, 0.717) is 28.8 Å². The quantitative estimate of drug-likeness (QED) is 0.644. The molecule has 1 heterocycles. The Balaban J connectivity index is 2.29. The molecule has 0 unspecified atom stereocenters. The number of halogens is 1. The van der Waals surface area contributed by atoms with Crippen LogP contribution in [-0.4, -0.2) is 16.0 Å². The van der Waals surface area contributed by atoms with Gasteiger partial charge in [0.2, 0.25) is 0 Å². The van der Waals surface area contributed by atoms with Crippen molar-refractivity contribution in [2.24, 2.45) is 0 Å². The van der Waals surface area contributed by atoms with Crippen LogP contribution in [0.5, 0.6) is 5.75 Å². The molecule has 1 aromatic carbocycles. The van der Waals surface area contributed by atoms with Crippen LogP contribution in [0.3, 0.4) is 0 Å². The van der Waals surface area contributed by atoms with Gasteiger partial charge in [-0.25, -0.2) is 0 Å². The summed E-state index contributed by atoms with van der Waals surface area (Å²) in [4.78, 5) is 14.6. The van der Waals surface area contributed by atoms with Crippen molar-refractivity contribution in [3.8, 4) is 5.75 Å². The van der Waals surface area contributed by atoms with Crippen LogP contribution in [-0.2, 0) is 6.42 Å². The summed E-state index contributed by atoms with van der Waals surface area (Å²) in [5.74, 6) is 0.844. The molecule has 2 rings (SSSR count). The van der Waals surface area contributed by atoms with E-state index in [9.17, 15) is 9.90 Å². The summed E-state index contributed by atoms with van der Waals surface area (Å²) in [5.41, 5.74) is 0.476. The van der Waals surface area contributed by atoms with E-state index in [-0.39, 0.29) is 11.3 Å². The zero-order valence-corrected chi connectivity index (χ0v) is 10.8. The van der Waals surface area contributed by atoms with Crippen molar-refractivity contribution in [3.05, 3.63) is 40.3 Å². The Morgan fingerprint density at radius 1 is 1.11 bits per heavy atom. The number of H-pyrrole nitrogens is 1. The third kappa shape index (κ3) is 2.67. The molecule has 0 spiro atoms. The number of aromatic hydroxyl groups is 1. The van der Waals surface area contributed by atoms with Crippen molar-refractivity contribution in [1.82, 2.24) is 4.98 Å². The third-order valence-corrected chi connectivity index (χ3v) is 3.30. The fourth-order valence-corrected chi connectivity index (χ4v) is 2.26. The van der Waals surface area contributed by atoms with E-state index >= 15 is 0 Å². The zero-order chi connectivity index (χ0) is 13.0. The summed E-state index contributed by atoms with van der Waals surface area (Å²) >= 11 is 5.61. The van der Waals surface area contributed by atoms with E-state index in [1.54, 1.807) is 18.2 Å². The molecule has 2 aromatic rings. The van der Waals surface area contributed by atoms with Crippen molar-refractivity contribution in [1.29, 1.82) is 0 Å². The van der Waals surface area contributed by atoms with E-state index < -0.39 is 0 Å². The fourth-order valence-electron chi connectivity index (χ4n) is 2.07. The number of fused-ring (bicyclic) bond motifs is 1. The van der Waals surface area contributed by atoms with Gasteiger partial charge in [0.15, 0.2) is 0 Å². The average Bonchev–Trinajstić information content (AvgIpc) is 2.40. The lowest BCUT2D eigenvalue weighted by molar-refractivity contribution is 0.468. The van der Waals surface area contributed by atoms with Crippen LogP contribution in [0.1, 0.15) is 25.0 Å².